The molecule has 3 N–H and O–H groups in total. The van der Waals surface area contributed by atoms with Crippen molar-refractivity contribution in [2.75, 3.05) is 0 Å². The smallest absolute Gasteiger partial charge is 0.251 e. The van der Waals surface area contributed by atoms with Crippen molar-refractivity contribution in [2.24, 2.45) is 5.73 Å². The highest BCUT2D eigenvalue weighted by Gasteiger charge is 2.15. The van der Waals surface area contributed by atoms with Crippen LogP contribution in [0.5, 0.6) is 5.75 Å². The molecule has 0 spiro atoms. The molecule has 0 atom stereocenters. The molecule has 0 bridgehead atoms. The third-order valence-corrected chi connectivity index (χ3v) is 3.53. The SMILES string of the molecule is Cc1ccc(CNC(=O)c2ccc(CN)cc2)c(OC(C)(C)C)c1.Cl. The van der Waals surface area contributed by atoms with E-state index in [2.05, 4.69) is 5.32 Å². The van der Waals surface area contributed by atoms with Gasteiger partial charge in [-0.05, 0) is 57.0 Å². The lowest BCUT2D eigenvalue weighted by atomic mass is 10.1. The molecule has 1 amide bonds. The number of rotatable bonds is 5. The average Bonchev–Trinajstić information content (AvgIpc) is 2.52. The number of aryl methyl sites for hydroxylation is 1. The second-order valence-corrected chi connectivity index (χ2v) is 6.91. The Balaban J connectivity index is 0.00000312. The van der Waals surface area contributed by atoms with Gasteiger partial charge in [0.2, 0.25) is 0 Å². The van der Waals surface area contributed by atoms with Crippen LogP contribution in [0.1, 0.15) is 47.8 Å². The van der Waals surface area contributed by atoms with E-state index in [0.717, 1.165) is 22.4 Å². The van der Waals surface area contributed by atoms with E-state index >= 15 is 0 Å². The molecule has 2 aromatic rings. The zero-order chi connectivity index (χ0) is 17.7. The first kappa shape index (κ1) is 21.0. The van der Waals surface area contributed by atoms with E-state index in [-0.39, 0.29) is 23.9 Å². The number of hydrogen-bond donors (Lipinski definition) is 2. The summed E-state index contributed by atoms with van der Waals surface area (Å²) in [5.41, 5.74) is 9.00. The molecule has 0 aromatic heterocycles. The van der Waals surface area contributed by atoms with E-state index in [9.17, 15) is 4.79 Å². The number of carbonyl (C=O) groups excluding carboxylic acids is 1. The normalized spacial score (nSPS) is 10.8. The van der Waals surface area contributed by atoms with E-state index < -0.39 is 0 Å². The summed E-state index contributed by atoms with van der Waals surface area (Å²) in [6, 6.07) is 13.3. The molecule has 25 heavy (non-hydrogen) atoms. The summed E-state index contributed by atoms with van der Waals surface area (Å²) in [5.74, 6) is 0.696. The van der Waals surface area contributed by atoms with Gasteiger partial charge in [-0.2, -0.15) is 0 Å². The van der Waals surface area contributed by atoms with E-state index in [1.54, 1.807) is 12.1 Å². The first-order valence-electron chi connectivity index (χ1n) is 8.14. The fraction of sp³-hybridized carbons (Fsp3) is 0.350. The molecule has 0 radical (unpaired) electrons. The molecule has 0 saturated carbocycles. The lowest BCUT2D eigenvalue weighted by Gasteiger charge is -2.23. The maximum absolute atomic E-state index is 12.3. The molecular formula is C20H27ClN2O2. The largest absolute Gasteiger partial charge is 0.488 e. The summed E-state index contributed by atoms with van der Waals surface area (Å²) < 4.78 is 6.02. The van der Waals surface area contributed by atoms with Gasteiger partial charge < -0.3 is 15.8 Å². The molecule has 0 unspecified atom stereocenters. The highest BCUT2D eigenvalue weighted by molar-refractivity contribution is 5.94. The molecule has 0 aliphatic heterocycles. The van der Waals surface area contributed by atoms with E-state index in [1.807, 2.05) is 58.0 Å². The molecule has 0 fully saturated rings. The Morgan fingerprint density at radius 2 is 1.76 bits per heavy atom. The Morgan fingerprint density at radius 1 is 1.12 bits per heavy atom. The number of nitrogens with two attached hydrogens (primary N) is 1. The van der Waals surface area contributed by atoms with E-state index in [1.165, 1.54) is 0 Å². The van der Waals surface area contributed by atoms with Crippen LogP contribution in [0.2, 0.25) is 0 Å². The number of amides is 1. The van der Waals surface area contributed by atoms with E-state index in [4.69, 9.17) is 10.5 Å². The van der Waals surface area contributed by atoms with Gasteiger partial charge >= 0.3 is 0 Å². The number of ether oxygens (including phenoxy) is 1. The Bertz CT molecular complexity index is 707. The minimum atomic E-state index is -0.287. The van der Waals surface area contributed by atoms with Crippen LogP contribution in [0.25, 0.3) is 0 Å². The van der Waals surface area contributed by atoms with Crippen molar-refractivity contribution in [2.45, 2.75) is 46.4 Å². The lowest BCUT2D eigenvalue weighted by Crippen LogP contribution is -2.26. The van der Waals surface area contributed by atoms with Crippen LogP contribution in [0.4, 0.5) is 0 Å². The molecule has 0 heterocycles. The van der Waals surface area contributed by atoms with Crippen molar-refractivity contribution in [3.8, 4) is 5.75 Å². The summed E-state index contributed by atoms with van der Waals surface area (Å²) in [6.45, 7) is 8.95. The molecule has 0 saturated heterocycles. The predicted octanol–water partition coefficient (Wildman–Crippen LogP) is 3.98. The van der Waals surface area contributed by atoms with Crippen molar-refractivity contribution < 1.29 is 9.53 Å². The van der Waals surface area contributed by atoms with Crippen LogP contribution in [0.15, 0.2) is 42.5 Å². The van der Waals surface area contributed by atoms with Crippen molar-refractivity contribution in [3.63, 3.8) is 0 Å². The molecule has 2 rings (SSSR count). The van der Waals surface area contributed by atoms with Crippen molar-refractivity contribution in [1.29, 1.82) is 0 Å². The van der Waals surface area contributed by atoms with Gasteiger partial charge in [-0.25, -0.2) is 0 Å². The molecule has 136 valence electrons. The van der Waals surface area contributed by atoms with Gasteiger partial charge in [0.1, 0.15) is 11.4 Å². The topological polar surface area (TPSA) is 64.4 Å². The first-order chi connectivity index (χ1) is 11.3. The van der Waals surface area contributed by atoms with Crippen LogP contribution in [-0.2, 0) is 13.1 Å². The summed E-state index contributed by atoms with van der Waals surface area (Å²) in [5, 5.41) is 2.95. The molecule has 5 heteroatoms. The highest BCUT2D eigenvalue weighted by Crippen LogP contribution is 2.24. The zero-order valence-electron chi connectivity index (χ0n) is 15.3. The van der Waals surface area contributed by atoms with Gasteiger partial charge in [0, 0.05) is 24.2 Å². The van der Waals surface area contributed by atoms with Crippen LogP contribution in [0.3, 0.4) is 0 Å². The number of benzene rings is 2. The van der Waals surface area contributed by atoms with Crippen molar-refractivity contribution >= 4 is 18.3 Å². The van der Waals surface area contributed by atoms with Crippen LogP contribution < -0.4 is 15.8 Å². The minimum Gasteiger partial charge on any atom is -0.488 e. The third kappa shape index (κ3) is 6.40. The number of nitrogens with one attached hydrogen (secondary N) is 1. The molecule has 2 aromatic carbocycles. The van der Waals surface area contributed by atoms with Crippen molar-refractivity contribution in [1.82, 2.24) is 5.32 Å². The Kier molecular flexibility index (Phi) is 7.46. The Labute approximate surface area is 156 Å². The third-order valence-electron chi connectivity index (χ3n) is 3.53. The van der Waals surface area contributed by atoms with E-state index in [0.29, 0.717) is 18.7 Å². The first-order valence-corrected chi connectivity index (χ1v) is 8.14. The quantitative estimate of drug-likeness (QED) is 0.845. The molecule has 4 nitrogen and oxygen atoms in total. The molecule has 0 aliphatic rings. The Morgan fingerprint density at radius 3 is 2.32 bits per heavy atom. The van der Waals surface area contributed by atoms with Crippen LogP contribution in [-0.4, -0.2) is 11.5 Å². The van der Waals surface area contributed by atoms with Gasteiger partial charge in [-0.3, -0.25) is 4.79 Å². The summed E-state index contributed by atoms with van der Waals surface area (Å²) in [4.78, 5) is 12.3. The van der Waals surface area contributed by atoms with Crippen LogP contribution >= 0.6 is 12.4 Å². The van der Waals surface area contributed by atoms with Gasteiger partial charge in [0.15, 0.2) is 0 Å². The maximum Gasteiger partial charge on any atom is 0.251 e. The average molecular weight is 363 g/mol. The lowest BCUT2D eigenvalue weighted by molar-refractivity contribution is 0.0949. The molecular weight excluding hydrogens is 336 g/mol. The summed E-state index contributed by atoms with van der Waals surface area (Å²) in [6.07, 6.45) is 0. The van der Waals surface area contributed by atoms with Crippen LogP contribution in [0, 0.1) is 6.92 Å². The zero-order valence-corrected chi connectivity index (χ0v) is 16.1. The fourth-order valence-corrected chi connectivity index (χ4v) is 2.30. The summed E-state index contributed by atoms with van der Waals surface area (Å²) in [7, 11) is 0. The predicted molar refractivity (Wildman–Crippen MR) is 104 cm³/mol. The number of hydrogen-bond acceptors (Lipinski definition) is 3. The molecule has 0 aliphatic carbocycles. The van der Waals surface area contributed by atoms with Gasteiger partial charge in [0.05, 0.1) is 0 Å². The summed E-state index contributed by atoms with van der Waals surface area (Å²) >= 11 is 0. The Hall–Kier alpha value is -2.04. The van der Waals surface area contributed by atoms with Gasteiger partial charge in [0.25, 0.3) is 5.91 Å². The maximum atomic E-state index is 12.3. The number of carbonyl (C=O) groups is 1. The minimum absolute atomic E-state index is 0. The van der Waals surface area contributed by atoms with Crippen molar-refractivity contribution in [3.05, 3.63) is 64.7 Å². The second-order valence-electron chi connectivity index (χ2n) is 6.91. The second kappa shape index (κ2) is 8.88. The standard InChI is InChI=1S/C20H26N2O2.ClH/c1-14-5-8-17(18(11-14)24-20(2,3)4)13-22-19(23)16-9-6-15(12-21)7-10-16;/h5-11H,12-13,21H2,1-4H3,(H,22,23);1H. The monoisotopic (exact) mass is 362 g/mol. The fourth-order valence-electron chi connectivity index (χ4n) is 2.30. The number of halogens is 1. The highest BCUT2D eigenvalue weighted by atomic mass is 35.5. The van der Waals surface area contributed by atoms with Gasteiger partial charge in [-0.15, -0.1) is 12.4 Å². The van der Waals surface area contributed by atoms with Gasteiger partial charge in [-0.1, -0.05) is 24.3 Å².